The van der Waals surface area contributed by atoms with Gasteiger partial charge in [-0.15, -0.1) is 0 Å². The van der Waals surface area contributed by atoms with E-state index < -0.39 is 5.97 Å². The van der Waals surface area contributed by atoms with Crippen molar-refractivity contribution >= 4 is 31.2 Å². The van der Waals surface area contributed by atoms with Crippen LogP contribution in [0.3, 0.4) is 0 Å². The van der Waals surface area contributed by atoms with Crippen LogP contribution in [-0.2, 0) is 9.63 Å². The molecule has 0 fully saturated rings. The van der Waals surface area contributed by atoms with Crippen molar-refractivity contribution in [2.45, 2.75) is 11.0 Å². The third kappa shape index (κ3) is 4.29. The highest BCUT2D eigenvalue weighted by molar-refractivity contribution is 7.99. The van der Waals surface area contributed by atoms with Crippen molar-refractivity contribution in [3.8, 4) is 0 Å². The van der Waals surface area contributed by atoms with E-state index in [-0.39, 0.29) is 11.0 Å². The van der Waals surface area contributed by atoms with Gasteiger partial charge in [0.25, 0.3) is 0 Å². The van der Waals surface area contributed by atoms with Crippen LogP contribution in [0.15, 0.2) is 0 Å². The quantitative estimate of drug-likeness (QED) is 0.297. The second-order valence-electron chi connectivity index (χ2n) is 1.17. The molecule has 2 N–H and O–H groups in total. The predicted molar refractivity (Wildman–Crippen MR) is 36.7 cm³/mol. The van der Waals surface area contributed by atoms with Gasteiger partial charge in [-0.25, -0.2) is 0 Å². The topological polar surface area (TPSA) is 52.3 Å². The molecule has 0 saturated heterocycles. The highest BCUT2D eigenvalue weighted by Gasteiger charge is 2.04. The van der Waals surface area contributed by atoms with E-state index in [0.717, 1.165) is 0 Å². The maximum absolute atomic E-state index is 10.2. The van der Waals surface area contributed by atoms with Crippen LogP contribution in [-0.4, -0.2) is 10.6 Å². The van der Waals surface area contributed by atoms with Gasteiger partial charge in [-0.1, -0.05) is 0 Å². The van der Waals surface area contributed by atoms with Crippen LogP contribution in [0.4, 0.5) is 0 Å². The second-order valence-corrected chi connectivity index (χ2v) is 2.83. The number of hydrogen-bond acceptors (Lipinski definition) is 5. The Bertz CT molecular complexity index is 85.4. The SMILES string of the molecule is NOC(=O)CC(S)S. The van der Waals surface area contributed by atoms with Crippen molar-refractivity contribution in [3.63, 3.8) is 0 Å². The number of thiol groups is 2. The van der Waals surface area contributed by atoms with Gasteiger partial charge in [0.15, 0.2) is 0 Å². The molecule has 5 heteroatoms. The first-order chi connectivity index (χ1) is 3.66. The Balaban J connectivity index is 3.25. The van der Waals surface area contributed by atoms with Gasteiger partial charge >= 0.3 is 5.97 Å². The number of carbonyl (C=O) groups excluding carboxylic acids is 1. The van der Waals surface area contributed by atoms with Crippen molar-refractivity contribution < 1.29 is 9.63 Å². The summed E-state index contributed by atoms with van der Waals surface area (Å²) in [6, 6.07) is 0. The first-order valence-electron chi connectivity index (χ1n) is 1.92. The Morgan fingerprint density at radius 3 is 2.38 bits per heavy atom. The minimum absolute atomic E-state index is 0.128. The number of rotatable bonds is 2. The standard InChI is InChI=1S/C3H7NO2S2/c4-6-2(5)1-3(7)8/h3,7-8H,1,4H2. The minimum atomic E-state index is -0.500. The van der Waals surface area contributed by atoms with Crippen molar-refractivity contribution in [1.29, 1.82) is 0 Å². The van der Waals surface area contributed by atoms with E-state index in [4.69, 9.17) is 0 Å². The van der Waals surface area contributed by atoms with Crippen molar-refractivity contribution in [2.75, 3.05) is 0 Å². The molecule has 0 aliphatic heterocycles. The molecule has 0 aromatic heterocycles. The summed E-state index contributed by atoms with van der Waals surface area (Å²) in [5.41, 5.74) is 0. The Morgan fingerprint density at radius 1 is 1.75 bits per heavy atom. The van der Waals surface area contributed by atoms with Crippen LogP contribution in [0.25, 0.3) is 0 Å². The molecule has 0 radical (unpaired) electrons. The van der Waals surface area contributed by atoms with E-state index >= 15 is 0 Å². The van der Waals surface area contributed by atoms with Gasteiger partial charge in [0, 0.05) is 0 Å². The van der Waals surface area contributed by atoms with Crippen LogP contribution in [0, 0.1) is 0 Å². The van der Waals surface area contributed by atoms with Gasteiger partial charge < -0.3 is 4.84 Å². The number of carbonyl (C=O) groups is 1. The zero-order valence-electron chi connectivity index (χ0n) is 4.07. The van der Waals surface area contributed by atoms with Crippen LogP contribution in [0.1, 0.15) is 6.42 Å². The molecular weight excluding hydrogens is 146 g/mol. The largest absolute Gasteiger partial charge is 0.373 e. The molecule has 0 aliphatic rings. The highest BCUT2D eigenvalue weighted by Crippen LogP contribution is 2.04. The summed E-state index contributed by atoms with van der Waals surface area (Å²) < 4.78 is -0.286. The molecular formula is C3H7NO2S2. The molecule has 0 heterocycles. The Kier molecular flexibility index (Phi) is 4.12. The smallest absolute Gasteiger partial charge is 0.326 e. The minimum Gasteiger partial charge on any atom is -0.373 e. The average molecular weight is 153 g/mol. The van der Waals surface area contributed by atoms with Gasteiger partial charge in [0.05, 0.1) is 11.0 Å². The molecule has 0 atom stereocenters. The molecule has 0 aromatic carbocycles. The lowest BCUT2D eigenvalue weighted by Crippen LogP contribution is -2.12. The maximum atomic E-state index is 10.2. The van der Waals surface area contributed by atoms with Crippen LogP contribution < -0.4 is 5.90 Å². The highest BCUT2D eigenvalue weighted by atomic mass is 32.2. The first kappa shape index (κ1) is 8.13. The molecule has 0 amide bonds. The van der Waals surface area contributed by atoms with Gasteiger partial charge in [0.2, 0.25) is 0 Å². The van der Waals surface area contributed by atoms with Gasteiger partial charge in [0.1, 0.15) is 0 Å². The van der Waals surface area contributed by atoms with E-state index in [0.29, 0.717) is 0 Å². The molecule has 3 nitrogen and oxygen atoms in total. The zero-order valence-corrected chi connectivity index (χ0v) is 5.86. The molecule has 0 unspecified atom stereocenters. The lowest BCUT2D eigenvalue weighted by molar-refractivity contribution is -0.143. The third-order valence-corrected chi connectivity index (χ3v) is 0.846. The van der Waals surface area contributed by atoms with E-state index in [1.165, 1.54) is 0 Å². The molecule has 0 aromatic rings. The summed E-state index contributed by atoms with van der Waals surface area (Å²) in [4.78, 5) is 14.0. The Morgan fingerprint density at radius 2 is 2.25 bits per heavy atom. The predicted octanol–water partition coefficient (Wildman–Crippen LogP) is -0.0209. The molecule has 0 spiro atoms. The molecule has 0 rings (SSSR count). The maximum Gasteiger partial charge on any atom is 0.326 e. The Labute approximate surface area is 58.3 Å². The number of nitrogens with two attached hydrogens (primary N) is 1. The monoisotopic (exact) mass is 153 g/mol. The van der Waals surface area contributed by atoms with Crippen LogP contribution >= 0.6 is 25.3 Å². The summed E-state index contributed by atoms with van der Waals surface area (Å²) in [6.45, 7) is 0. The van der Waals surface area contributed by atoms with Crippen LogP contribution in [0.2, 0.25) is 0 Å². The van der Waals surface area contributed by atoms with Crippen molar-refractivity contribution in [2.24, 2.45) is 5.90 Å². The van der Waals surface area contributed by atoms with Crippen molar-refractivity contribution in [3.05, 3.63) is 0 Å². The summed E-state index contributed by atoms with van der Waals surface area (Å²) in [5, 5.41) is 0. The molecule has 0 saturated carbocycles. The lowest BCUT2D eigenvalue weighted by Gasteiger charge is -1.97. The molecule has 0 aliphatic carbocycles. The second kappa shape index (κ2) is 4.05. The fraction of sp³-hybridized carbons (Fsp3) is 0.667. The summed E-state index contributed by atoms with van der Waals surface area (Å²) in [7, 11) is 0. The van der Waals surface area contributed by atoms with Gasteiger partial charge in [-0.2, -0.15) is 31.2 Å². The fourth-order valence-corrected chi connectivity index (χ4v) is 0.495. The van der Waals surface area contributed by atoms with E-state index in [9.17, 15) is 4.79 Å². The summed E-state index contributed by atoms with van der Waals surface area (Å²) in [6.07, 6.45) is 0.128. The van der Waals surface area contributed by atoms with E-state index in [1.807, 2.05) is 0 Å². The third-order valence-electron chi connectivity index (χ3n) is 0.481. The first-order valence-corrected chi connectivity index (χ1v) is 2.95. The van der Waals surface area contributed by atoms with E-state index in [2.05, 4.69) is 36.0 Å². The summed E-state index contributed by atoms with van der Waals surface area (Å²) >= 11 is 7.60. The Hall–Kier alpha value is 0.130. The zero-order chi connectivity index (χ0) is 6.57. The fourth-order valence-electron chi connectivity index (χ4n) is 0.197. The summed E-state index contributed by atoms with van der Waals surface area (Å²) in [5.74, 6) is 4.00. The van der Waals surface area contributed by atoms with E-state index in [1.54, 1.807) is 0 Å². The lowest BCUT2D eigenvalue weighted by atomic mass is 10.5. The van der Waals surface area contributed by atoms with Gasteiger partial charge in [-0.05, 0) is 0 Å². The molecule has 8 heavy (non-hydrogen) atoms. The van der Waals surface area contributed by atoms with Crippen molar-refractivity contribution in [1.82, 2.24) is 0 Å². The van der Waals surface area contributed by atoms with Gasteiger partial charge in [-0.3, -0.25) is 4.79 Å². The van der Waals surface area contributed by atoms with Crippen LogP contribution in [0.5, 0.6) is 0 Å². The normalized spacial score (nSPS) is 9.50. The number of hydrogen-bond donors (Lipinski definition) is 3. The average Bonchev–Trinajstić information content (AvgIpc) is 1.65. The molecule has 48 valence electrons. The molecule has 0 bridgehead atoms.